The van der Waals surface area contributed by atoms with E-state index in [0.29, 0.717) is 6.54 Å². The summed E-state index contributed by atoms with van der Waals surface area (Å²) < 4.78 is 0. The highest BCUT2D eigenvalue weighted by Gasteiger charge is 2.16. The Morgan fingerprint density at radius 2 is 2.19 bits per heavy atom. The summed E-state index contributed by atoms with van der Waals surface area (Å²) in [6.07, 6.45) is 0.887. The summed E-state index contributed by atoms with van der Waals surface area (Å²) in [5.41, 5.74) is 1.29. The molecule has 0 saturated carbocycles. The molecule has 7 heteroatoms. The normalized spacial score (nSPS) is 10.3. The van der Waals surface area contributed by atoms with Crippen LogP contribution in [-0.4, -0.2) is 16.0 Å². The lowest BCUT2D eigenvalue weighted by Crippen LogP contribution is -2.05. The number of carboxylic acid groups (broad SMARTS) is 1. The first-order valence-corrected chi connectivity index (χ1v) is 7.21. The van der Waals surface area contributed by atoms with Crippen molar-refractivity contribution in [3.05, 3.63) is 55.8 Å². The first-order chi connectivity index (χ1) is 10.0. The van der Waals surface area contributed by atoms with E-state index >= 15 is 0 Å². The zero-order chi connectivity index (χ0) is 15.4. The minimum Gasteiger partial charge on any atom is -0.478 e. The Balaban J connectivity index is 2.27. The predicted octanol–water partition coefficient (Wildman–Crippen LogP) is 3.53. The van der Waals surface area contributed by atoms with Gasteiger partial charge >= 0.3 is 5.97 Å². The van der Waals surface area contributed by atoms with Gasteiger partial charge in [-0.25, -0.2) is 4.79 Å². The van der Waals surface area contributed by atoms with Gasteiger partial charge in [0.1, 0.15) is 5.69 Å². The van der Waals surface area contributed by atoms with Gasteiger partial charge < -0.3 is 10.4 Å². The van der Waals surface area contributed by atoms with Crippen LogP contribution in [0.5, 0.6) is 0 Å². The number of aromatic carboxylic acids is 1. The Hall–Kier alpha value is -2.41. The Bertz CT molecular complexity index is 681. The fraction of sp³-hybridized carbons (Fsp3) is 0.214. The highest BCUT2D eigenvalue weighted by Crippen LogP contribution is 2.27. The van der Waals surface area contributed by atoms with Gasteiger partial charge in [-0.15, -0.1) is 11.3 Å². The number of hydrogen-bond acceptors (Lipinski definition) is 5. The molecule has 2 aromatic rings. The molecular weight excluding hydrogens is 292 g/mol. The molecule has 0 amide bonds. The number of anilines is 1. The fourth-order valence-corrected chi connectivity index (χ4v) is 2.90. The van der Waals surface area contributed by atoms with Gasteiger partial charge in [-0.1, -0.05) is 6.92 Å². The SMILES string of the molecule is CCc1ccsc1CNc1cc(C(=O)O)ccc1[N+](=O)[O-]. The molecule has 0 atom stereocenters. The average Bonchev–Trinajstić information content (AvgIpc) is 2.91. The van der Waals surface area contributed by atoms with Crippen LogP contribution in [0.4, 0.5) is 11.4 Å². The van der Waals surface area contributed by atoms with Gasteiger partial charge in [-0.3, -0.25) is 10.1 Å². The van der Waals surface area contributed by atoms with E-state index < -0.39 is 10.9 Å². The lowest BCUT2D eigenvalue weighted by atomic mass is 10.1. The summed E-state index contributed by atoms with van der Waals surface area (Å²) in [6.45, 7) is 2.48. The summed E-state index contributed by atoms with van der Waals surface area (Å²) >= 11 is 1.57. The zero-order valence-corrected chi connectivity index (χ0v) is 12.1. The van der Waals surface area contributed by atoms with Gasteiger partial charge in [0.15, 0.2) is 0 Å². The largest absolute Gasteiger partial charge is 0.478 e. The molecule has 0 aliphatic carbocycles. The van der Waals surface area contributed by atoms with Gasteiger partial charge in [-0.2, -0.15) is 0 Å². The quantitative estimate of drug-likeness (QED) is 0.629. The van der Waals surface area contributed by atoms with Crippen LogP contribution in [-0.2, 0) is 13.0 Å². The zero-order valence-electron chi connectivity index (χ0n) is 11.3. The first kappa shape index (κ1) is 15.0. The van der Waals surface area contributed by atoms with Crippen molar-refractivity contribution in [2.45, 2.75) is 19.9 Å². The van der Waals surface area contributed by atoms with Crippen molar-refractivity contribution in [2.24, 2.45) is 0 Å². The van der Waals surface area contributed by atoms with Crippen molar-refractivity contribution < 1.29 is 14.8 Å². The number of benzene rings is 1. The second kappa shape index (κ2) is 6.36. The lowest BCUT2D eigenvalue weighted by Gasteiger charge is -2.08. The van der Waals surface area contributed by atoms with Crippen LogP contribution in [0, 0.1) is 10.1 Å². The molecule has 0 saturated heterocycles. The van der Waals surface area contributed by atoms with Crippen molar-refractivity contribution in [3.63, 3.8) is 0 Å². The smallest absolute Gasteiger partial charge is 0.335 e. The minimum atomic E-state index is -1.11. The molecule has 1 heterocycles. The molecule has 1 aromatic heterocycles. The monoisotopic (exact) mass is 306 g/mol. The molecule has 0 spiro atoms. The average molecular weight is 306 g/mol. The number of rotatable bonds is 6. The van der Waals surface area contributed by atoms with Crippen LogP contribution in [0.2, 0.25) is 0 Å². The maximum atomic E-state index is 11.0. The summed E-state index contributed by atoms with van der Waals surface area (Å²) in [5.74, 6) is -1.11. The Kier molecular flexibility index (Phi) is 4.54. The molecule has 0 fully saturated rings. The molecule has 0 aliphatic heterocycles. The van der Waals surface area contributed by atoms with Crippen LogP contribution < -0.4 is 5.32 Å². The minimum absolute atomic E-state index is 0.0185. The molecule has 2 N–H and O–H groups in total. The molecule has 1 aromatic carbocycles. The summed E-state index contributed by atoms with van der Waals surface area (Å²) in [5, 5.41) is 24.9. The lowest BCUT2D eigenvalue weighted by molar-refractivity contribution is -0.384. The molecule has 0 radical (unpaired) electrons. The van der Waals surface area contributed by atoms with Crippen molar-refractivity contribution in [1.29, 1.82) is 0 Å². The van der Waals surface area contributed by atoms with Gasteiger partial charge in [0.25, 0.3) is 5.69 Å². The van der Waals surface area contributed by atoms with Crippen molar-refractivity contribution in [3.8, 4) is 0 Å². The van der Waals surface area contributed by atoms with E-state index in [4.69, 9.17) is 5.11 Å². The Morgan fingerprint density at radius 3 is 2.81 bits per heavy atom. The van der Waals surface area contributed by atoms with Crippen molar-refractivity contribution >= 4 is 28.7 Å². The molecule has 2 rings (SSSR count). The first-order valence-electron chi connectivity index (χ1n) is 6.33. The maximum absolute atomic E-state index is 11.0. The van der Waals surface area contributed by atoms with Crippen LogP contribution >= 0.6 is 11.3 Å². The molecule has 6 nitrogen and oxygen atoms in total. The number of carbonyl (C=O) groups is 1. The van der Waals surface area contributed by atoms with Crippen LogP contribution in [0.3, 0.4) is 0 Å². The molecular formula is C14H14N2O4S. The van der Waals surface area contributed by atoms with Crippen molar-refractivity contribution in [2.75, 3.05) is 5.32 Å². The number of aryl methyl sites for hydroxylation is 1. The van der Waals surface area contributed by atoms with E-state index in [1.165, 1.54) is 23.8 Å². The number of nitro groups is 1. The number of thiophene rings is 1. The highest BCUT2D eigenvalue weighted by atomic mass is 32.1. The van der Waals surface area contributed by atoms with Crippen LogP contribution in [0.25, 0.3) is 0 Å². The predicted molar refractivity (Wildman–Crippen MR) is 81.1 cm³/mol. The molecule has 110 valence electrons. The van der Waals surface area contributed by atoms with E-state index in [2.05, 4.69) is 5.32 Å². The highest BCUT2D eigenvalue weighted by molar-refractivity contribution is 7.10. The second-order valence-electron chi connectivity index (χ2n) is 4.37. The van der Waals surface area contributed by atoms with Gasteiger partial charge in [0, 0.05) is 17.5 Å². The van der Waals surface area contributed by atoms with Gasteiger partial charge in [0.05, 0.1) is 10.5 Å². The summed E-state index contributed by atoms with van der Waals surface area (Å²) in [7, 11) is 0. The van der Waals surface area contributed by atoms with E-state index in [1.54, 1.807) is 11.3 Å². The third-order valence-electron chi connectivity index (χ3n) is 3.10. The number of nitro benzene ring substituents is 1. The van der Waals surface area contributed by atoms with E-state index in [9.17, 15) is 14.9 Å². The van der Waals surface area contributed by atoms with E-state index in [0.717, 1.165) is 11.3 Å². The number of carboxylic acids is 1. The number of hydrogen-bond donors (Lipinski definition) is 2. The summed E-state index contributed by atoms with van der Waals surface area (Å²) in [4.78, 5) is 22.5. The summed E-state index contributed by atoms with van der Waals surface area (Å²) in [6, 6.07) is 5.75. The van der Waals surface area contributed by atoms with Gasteiger partial charge in [0.2, 0.25) is 0 Å². The number of nitrogens with zero attached hydrogens (tertiary/aromatic N) is 1. The molecule has 0 aliphatic rings. The third-order valence-corrected chi connectivity index (χ3v) is 4.06. The van der Waals surface area contributed by atoms with Crippen LogP contribution in [0.1, 0.15) is 27.7 Å². The second-order valence-corrected chi connectivity index (χ2v) is 5.37. The van der Waals surface area contributed by atoms with Gasteiger partial charge in [-0.05, 0) is 35.6 Å². The van der Waals surface area contributed by atoms with E-state index in [-0.39, 0.29) is 16.9 Å². The maximum Gasteiger partial charge on any atom is 0.335 e. The molecule has 0 unspecified atom stereocenters. The fourth-order valence-electron chi connectivity index (χ4n) is 1.98. The molecule has 0 bridgehead atoms. The molecule has 21 heavy (non-hydrogen) atoms. The number of nitrogens with one attached hydrogen (secondary N) is 1. The van der Waals surface area contributed by atoms with Crippen molar-refractivity contribution in [1.82, 2.24) is 0 Å². The topological polar surface area (TPSA) is 92.5 Å². The Morgan fingerprint density at radius 1 is 1.43 bits per heavy atom. The standard InChI is InChI=1S/C14H14N2O4S/c1-2-9-5-6-21-13(9)8-15-11-7-10(14(17)18)3-4-12(11)16(19)20/h3-7,15H,2,8H2,1H3,(H,17,18). The Labute approximate surface area is 125 Å². The third kappa shape index (κ3) is 3.38. The van der Waals surface area contributed by atoms with E-state index in [1.807, 2.05) is 18.4 Å². The van der Waals surface area contributed by atoms with Crippen LogP contribution in [0.15, 0.2) is 29.6 Å².